The van der Waals surface area contributed by atoms with Crippen molar-refractivity contribution in [3.8, 4) is 17.2 Å². The van der Waals surface area contributed by atoms with Crippen molar-refractivity contribution >= 4 is 21.8 Å². The highest BCUT2D eigenvalue weighted by atomic mass is 79.9. The number of hydrogen-bond donors (Lipinski definition) is 1. The average molecular weight is 408 g/mol. The van der Waals surface area contributed by atoms with Crippen molar-refractivity contribution in [1.29, 1.82) is 0 Å². The summed E-state index contributed by atoms with van der Waals surface area (Å²) in [5.41, 5.74) is 0.875. The molecule has 0 spiro atoms. The van der Waals surface area contributed by atoms with Crippen LogP contribution in [0.5, 0.6) is 17.2 Å². The minimum Gasteiger partial charge on any atom is -0.497 e. The number of carbonyl (C=O) groups is 1. The Labute approximate surface area is 156 Å². The monoisotopic (exact) mass is 407 g/mol. The summed E-state index contributed by atoms with van der Waals surface area (Å²) in [6.45, 7) is 0.878. The molecule has 0 saturated heterocycles. The fourth-order valence-corrected chi connectivity index (χ4v) is 2.68. The zero-order valence-corrected chi connectivity index (χ0v) is 16.0. The Kier molecular flexibility index (Phi) is 7.60. The average Bonchev–Trinajstić information content (AvgIpc) is 2.64. The van der Waals surface area contributed by atoms with E-state index >= 15 is 0 Å². The van der Waals surface area contributed by atoms with Crippen molar-refractivity contribution in [3.63, 3.8) is 0 Å². The molecule has 134 valence electrons. The lowest BCUT2D eigenvalue weighted by Gasteiger charge is -2.12. The van der Waals surface area contributed by atoms with E-state index in [1.54, 1.807) is 14.2 Å². The molecule has 0 fully saturated rings. The Balaban J connectivity index is 1.75. The van der Waals surface area contributed by atoms with Crippen LogP contribution in [0.4, 0.5) is 0 Å². The van der Waals surface area contributed by atoms with E-state index in [-0.39, 0.29) is 5.91 Å². The third-order valence-electron chi connectivity index (χ3n) is 3.61. The van der Waals surface area contributed by atoms with Gasteiger partial charge in [0.15, 0.2) is 0 Å². The largest absolute Gasteiger partial charge is 0.497 e. The van der Waals surface area contributed by atoms with E-state index in [1.165, 1.54) is 0 Å². The number of nitrogens with one attached hydrogen (secondary N) is 1. The van der Waals surface area contributed by atoms with E-state index < -0.39 is 0 Å². The standard InChI is InChI=1S/C19H22BrNO4/c1-23-15-9-10-17(24-2)14(12-15)13-21-19(22)8-5-11-25-18-7-4-3-6-16(18)20/h3-4,6-7,9-10,12H,5,8,11,13H2,1-2H3,(H,21,22). The summed E-state index contributed by atoms with van der Waals surface area (Å²) >= 11 is 3.43. The number of amides is 1. The van der Waals surface area contributed by atoms with Crippen molar-refractivity contribution in [2.75, 3.05) is 20.8 Å². The van der Waals surface area contributed by atoms with Gasteiger partial charge in [-0.1, -0.05) is 12.1 Å². The topological polar surface area (TPSA) is 56.8 Å². The van der Waals surface area contributed by atoms with Crippen molar-refractivity contribution in [1.82, 2.24) is 5.32 Å². The highest BCUT2D eigenvalue weighted by molar-refractivity contribution is 9.10. The maximum absolute atomic E-state index is 12.0. The Morgan fingerprint density at radius 2 is 1.88 bits per heavy atom. The van der Waals surface area contributed by atoms with Crippen molar-refractivity contribution in [3.05, 3.63) is 52.5 Å². The van der Waals surface area contributed by atoms with Crippen molar-refractivity contribution < 1.29 is 19.0 Å². The number of ether oxygens (including phenoxy) is 3. The summed E-state index contributed by atoms with van der Waals surface area (Å²) in [7, 11) is 3.21. The molecule has 0 radical (unpaired) electrons. The number of carbonyl (C=O) groups excluding carboxylic acids is 1. The number of para-hydroxylation sites is 1. The summed E-state index contributed by atoms with van der Waals surface area (Å²) in [4.78, 5) is 12.0. The normalized spacial score (nSPS) is 10.2. The van der Waals surface area contributed by atoms with Crippen molar-refractivity contribution in [2.45, 2.75) is 19.4 Å². The molecule has 0 aliphatic heterocycles. The van der Waals surface area contributed by atoms with Gasteiger partial charge in [0.05, 0.1) is 25.3 Å². The van der Waals surface area contributed by atoms with Gasteiger partial charge in [-0.2, -0.15) is 0 Å². The Morgan fingerprint density at radius 3 is 2.60 bits per heavy atom. The van der Waals surface area contributed by atoms with Gasteiger partial charge in [0, 0.05) is 18.5 Å². The first-order valence-corrected chi connectivity index (χ1v) is 8.78. The second kappa shape index (κ2) is 9.93. The van der Waals surface area contributed by atoms with Gasteiger partial charge >= 0.3 is 0 Å². The molecule has 0 unspecified atom stereocenters. The van der Waals surface area contributed by atoms with Crippen LogP contribution in [0.2, 0.25) is 0 Å². The van der Waals surface area contributed by atoms with Crippen LogP contribution in [-0.4, -0.2) is 26.7 Å². The second-order valence-corrected chi connectivity index (χ2v) is 6.19. The minimum atomic E-state index is -0.0272. The molecular formula is C19H22BrNO4. The maximum Gasteiger partial charge on any atom is 0.220 e. The molecular weight excluding hydrogens is 386 g/mol. The molecule has 0 atom stereocenters. The molecule has 0 aliphatic rings. The lowest BCUT2D eigenvalue weighted by atomic mass is 10.2. The Bertz CT molecular complexity index is 706. The van der Waals surface area contributed by atoms with E-state index in [9.17, 15) is 4.79 Å². The molecule has 2 aromatic carbocycles. The molecule has 0 bridgehead atoms. The van der Waals surface area contributed by atoms with Crippen LogP contribution in [0.15, 0.2) is 46.9 Å². The van der Waals surface area contributed by atoms with Crippen LogP contribution in [0.3, 0.4) is 0 Å². The molecule has 0 aromatic heterocycles. The lowest BCUT2D eigenvalue weighted by Crippen LogP contribution is -2.23. The molecule has 2 aromatic rings. The molecule has 2 rings (SSSR count). The summed E-state index contributed by atoms with van der Waals surface area (Å²) in [5, 5.41) is 2.90. The van der Waals surface area contributed by atoms with E-state index in [1.807, 2.05) is 42.5 Å². The molecule has 1 amide bonds. The zero-order chi connectivity index (χ0) is 18.1. The number of benzene rings is 2. The van der Waals surface area contributed by atoms with Gasteiger partial charge in [-0.05, 0) is 52.7 Å². The lowest BCUT2D eigenvalue weighted by molar-refractivity contribution is -0.121. The SMILES string of the molecule is COc1ccc(OC)c(CNC(=O)CCCOc2ccccc2Br)c1. The maximum atomic E-state index is 12.0. The van der Waals surface area contributed by atoms with Gasteiger partial charge in [0.1, 0.15) is 17.2 Å². The first-order valence-electron chi connectivity index (χ1n) is 7.99. The molecule has 5 nitrogen and oxygen atoms in total. The van der Waals surface area contributed by atoms with E-state index in [4.69, 9.17) is 14.2 Å². The Morgan fingerprint density at radius 1 is 1.08 bits per heavy atom. The highest BCUT2D eigenvalue weighted by Crippen LogP contribution is 2.24. The molecule has 0 aliphatic carbocycles. The number of rotatable bonds is 9. The molecule has 25 heavy (non-hydrogen) atoms. The third-order valence-corrected chi connectivity index (χ3v) is 4.26. The van der Waals surface area contributed by atoms with Crippen LogP contribution in [0.25, 0.3) is 0 Å². The Hall–Kier alpha value is -2.21. The van der Waals surface area contributed by atoms with Crippen LogP contribution >= 0.6 is 15.9 Å². The van der Waals surface area contributed by atoms with Crippen LogP contribution < -0.4 is 19.5 Å². The highest BCUT2D eigenvalue weighted by Gasteiger charge is 2.08. The van der Waals surface area contributed by atoms with Gasteiger partial charge < -0.3 is 19.5 Å². The summed E-state index contributed by atoms with van der Waals surface area (Å²) in [5.74, 6) is 2.20. The van der Waals surface area contributed by atoms with E-state index in [2.05, 4.69) is 21.2 Å². The van der Waals surface area contributed by atoms with Gasteiger partial charge in [-0.25, -0.2) is 0 Å². The minimum absolute atomic E-state index is 0.0272. The molecule has 6 heteroatoms. The zero-order valence-electron chi connectivity index (χ0n) is 14.4. The first-order chi connectivity index (χ1) is 12.1. The van der Waals surface area contributed by atoms with Gasteiger partial charge in [0.25, 0.3) is 0 Å². The number of hydrogen-bond acceptors (Lipinski definition) is 4. The number of methoxy groups -OCH3 is 2. The summed E-state index contributed by atoms with van der Waals surface area (Å²) in [6, 6.07) is 13.2. The van der Waals surface area contributed by atoms with Gasteiger partial charge in [-0.15, -0.1) is 0 Å². The van der Waals surface area contributed by atoms with Crippen LogP contribution in [-0.2, 0) is 11.3 Å². The van der Waals surface area contributed by atoms with E-state index in [0.29, 0.717) is 26.0 Å². The molecule has 1 N–H and O–H groups in total. The van der Waals surface area contributed by atoms with Crippen LogP contribution in [0.1, 0.15) is 18.4 Å². The smallest absolute Gasteiger partial charge is 0.220 e. The predicted molar refractivity (Wildman–Crippen MR) is 100 cm³/mol. The summed E-state index contributed by atoms with van der Waals surface area (Å²) < 4.78 is 17.1. The molecule has 0 heterocycles. The van der Waals surface area contributed by atoms with Gasteiger partial charge in [0.2, 0.25) is 5.91 Å². The number of halogens is 1. The second-order valence-electron chi connectivity index (χ2n) is 5.34. The van der Waals surface area contributed by atoms with Crippen LogP contribution in [0, 0.1) is 0 Å². The molecule has 0 saturated carbocycles. The van der Waals surface area contributed by atoms with Crippen molar-refractivity contribution in [2.24, 2.45) is 0 Å². The predicted octanol–water partition coefficient (Wildman–Crippen LogP) is 3.94. The third kappa shape index (κ3) is 5.98. The fraction of sp³-hybridized carbons (Fsp3) is 0.316. The summed E-state index contributed by atoms with van der Waals surface area (Å²) in [6.07, 6.45) is 1.04. The first kappa shape index (κ1) is 19.1. The van der Waals surface area contributed by atoms with E-state index in [0.717, 1.165) is 27.3 Å². The quantitative estimate of drug-likeness (QED) is 0.639. The van der Waals surface area contributed by atoms with Gasteiger partial charge in [-0.3, -0.25) is 4.79 Å². The fourth-order valence-electron chi connectivity index (χ4n) is 2.28.